The molecular formula is C15H11ClF3N3O3. The fraction of sp³-hybridized carbons (Fsp3) is 0.133. The molecule has 0 aliphatic heterocycles. The van der Waals surface area contributed by atoms with Gasteiger partial charge < -0.3 is 15.6 Å². The molecule has 0 fully saturated rings. The number of aromatic amines is 1. The second kappa shape index (κ2) is 7.39. The Morgan fingerprint density at radius 1 is 1.16 bits per heavy atom. The predicted octanol–water partition coefficient (Wildman–Crippen LogP) is 2.42. The molecule has 3 N–H and O–H groups in total. The van der Waals surface area contributed by atoms with Crippen molar-refractivity contribution in [1.82, 2.24) is 10.3 Å². The summed E-state index contributed by atoms with van der Waals surface area (Å²) in [4.78, 5) is 36.7. The topological polar surface area (TPSA) is 91.1 Å². The maximum Gasteiger partial charge on any atom is 0.417 e. The SMILES string of the molecule is O=C(CNC(=O)c1ccc(=O)[nH]c1)Nc1ccc(Cl)c(C(F)(F)F)c1. The lowest BCUT2D eigenvalue weighted by Crippen LogP contribution is -2.33. The van der Waals surface area contributed by atoms with E-state index in [1.165, 1.54) is 18.3 Å². The number of carbonyl (C=O) groups is 2. The number of nitrogens with one attached hydrogen (secondary N) is 3. The monoisotopic (exact) mass is 373 g/mol. The molecule has 1 aromatic carbocycles. The highest BCUT2D eigenvalue weighted by molar-refractivity contribution is 6.31. The summed E-state index contributed by atoms with van der Waals surface area (Å²) in [6.45, 7) is -0.470. The number of anilines is 1. The number of halogens is 4. The summed E-state index contributed by atoms with van der Waals surface area (Å²) in [5.74, 6) is -1.35. The Kier molecular flexibility index (Phi) is 5.48. The molecule has 132 valence electrons. The molecule has 1 heterocycles. The fourth-order valence-electron chi connectivity index (χ4n) is 1.84. The molecule has 2 rings (SSSR count). The maximum absolute atomic E-state index is 12.8. The van der Waals surface area contributed by atoms with Crippen LogP contribution in [0.5, 0.6) is 0 Å². The highest BCUT2D eigenvalue weighted by Gasteiger charge is 2.33. The first-order chi connectivity index (χ1) is 11.7. The molecule has 10 heteroatoms. The summed E-state index contributed by atoms with van der Waals surface area (Å²) in [6, 6.07) is 5.32. The molecule has 2 aromatic rings. The van der Waals surface area contributed by atoms with Crippen LogP contribution >= 0.6 is 11.6 Å². The lowest BCUT2D eigenvalue weighted by molar-refractivity contribution is -0.137. The summed E-state index contributed by atoms with van der Waals surface area (Å²) in [6.07, 6.45) is -3.49. The molecule has 0 atom stereocenters. The van der Waals surface area contributed by atoms with Gasteiger partial charge in [0.05, 0.1) is 22.7 Å². The molecule has 25 heavy (non-hydrogen) atoms. The molecule has 6 nitrogen and oxygen atoms in total. The lowest BCUT2D eigenvalue weighted by Gasteiger charge is -2.12. The van der Waals surface area contributed by atoms with Crippen LogP contribution in [0.2, 0.25) is 5.02 Å². The van der Waals surface area contributed by atoms with Gasteiger partial charge in [-0.05, 0) is 24.3 Å². The minimum Gasteiger partial charge on any atom is -0.343 e. The predicted molar refractivity (Wildman–Crippen MR) is 84.5 cm³/mol. The Balaban J connectivity index is 1.97. The molecule has 0 saturated carbocycles. The van der Waals surface area contributed by atoms with E-state index in [-0.39, 0.29) is 11.3 Å². The minimum atomic E-state index is -4.66. The van der Waals surface area contributed by atoms with E-state index in [9.17, 15) is 27.6 Å². The number of pyridine rings is 1. The van der Waals surface area contributed by atoms with Crippen molar-refractivity contribution in [2.45, 2.75) is 6.18 Å². The number of alkyl halides is 3. The van der Waals surface area contributed by atoms with Crippen molar-refractivity contribution in [3.63, 3.8) is 0 Å². The van der Waals surface area contributed by atoms with Crippen molar-refractivity contribution >= 4 is 29.1 Å². The summed E-state index contributed by atoms with van der Waals surface area (Å²) < 4.78 is 38.3. The van der Waals surface area contributed by atoms with Gasteiger partial charge in [-0.25, -0.2) is 0 Å². The fourth-order valence-corrected chi connectivity index (χ4v) is 2.06. The van der Waals surface area contributed by atoms with Gasteiger partial charge in [-0.3, -0.25) is 14.4 Å². The average Bonchev–Trinajstić information content (AvgIpc) is 2.54. The smallest absolute Gasteiger partial charge is 0.343 e. The van der Waals surface area contributed by atoms with Crippen molar-refractivity contribution in [3.05, 3.63) is 63.0 Å². The number of benzene rings is 1. The van der Waals surface area contributed by atoms with Gasteiger partial charge >= 0.3 is 6.18 Å². The van der Waals surface area contributed by atoms with E-state index in [1.807, 2.05) is 0 Å². The largest absolute Gasteiger partial charge is 0.417 e. The first-order valence-electron chi connectivity index (χ1n) is 6.80. The summed E-state index contributed by atoms with van der Waals surface area (Å²) in [5, 5.41) is 4.01. The molecule has 0 unspecified atom stereocenters. The Labute approximate surface area is 144 Å². The second-order valence-corrected chi connectivity index (χ2v) is 5.27. The Bertz CT molecular complexity index is 845. The van der Waals surface area contributed by atoms with E-state index in [0.717, 1.165) is 12.1 Å². The van der Waals surface area contributed by atoms with Crippen molar-refractivity contribution in [3.8, 4) is 0 Å². The number of hydrogen-bond donors (Lipinski definition) is 3. The van der Waals surface area contributed by atoms with Crippen LogP contribution < -0.4 is 16.2 Å². The van der Waals surface area contributed by atoms with Gasteiger partial charge in [0.1, 0.15) is 0 Å². The van der Waals surface area contributed by atoms with E-state index in [2.05, 4.69) is 15.6 Å². The number of amides is 2. The van der Waals surface area contributed by atoms with Gasteiger partial charge in [0.25, 0.3) is 5.91 Å². The van der Waals surface area contributed by atoms with Crippen LogP contribution in [-0.4, -0.2) is 23.3 Å². The third-order valence-corrected chi connectivity index (χ3v) is 3.34. The van der Waals surface area contributed by atoms with Gasteiger partial charge in [0.2, 0.25) is 11.5 Å². The van der Waals surface area contributed by atoms with Crippen LogP contribution in [0.4, 0.5) is 18.9 Å². The van der Waals surface area contributed by atoms with Crippen LogP contribution in [-0.2, 0) is 11.0 Å². The van der Waals surface area contributed by atoms with Gasteiger partial charge in [-0.1, -0.05) is 11.6 Å². The van der Waals surface area contributed by atoms with Crippen molar-refractivity contribution in [2.24, 2.45) is 0 Å². The van der Waals surface area contributed by atoms with E-state index in [4.69, 9.17) is 11.6 Å². The number of H-pyrrole nitrogens is 1. The quantitative estimate of drug-likeness (QED) is 0.768. The van der Waals surface area contributed by atoms with Crippen LogP contribution in [0.1, 0.15) is 15.9 Å². The van der Waals surface area contributed by atoms with Gasteiger partial charge in [0.15, 0.2) is 0 Å². The van der Waals surface area contributed by atoms with Crippen LogP contribution in [0.3, 0.4) is 0 Å². The average molecular weight is 374 g/mol. The zero-order valence-corrected chi connectivity index (χ0v) is 13.2. The van der Waals surface area contributed by atoms with E-state index in [1.54, 1.807) is 0 Å². The van der Waals surface area contributed by atoms with Gasteiger partial charge in [-0.2, -0.15) is 13.2 Å². The molecule has 0 spiro atoms. The van der Waals surface area contributed by atoms with Crippen molar-refractivity contribution in [1.29, 1.82) is 0 Å². The Hall–Kier alpha value is -2.81. The first-order valence-corrected chi connectivity index (χ1v) is 7.18. The number of carbonyl (C=O) groups excluding carboxylic acids is 2. The molecule has 0 bridgehead atoms. The zero-order chi connectivity index (χ0) is 18.6. The minimum absolute atomic E-state index is 0.111. The molecular weight excluding hydrogens is 363 g/mol. The normalized spacial score (nSPS) is 11.0. The summed E-state index contributed by atoms with van der Waals surface area (Å²) >= 11 is 5.48. The van der Waals surface area contributed by atoms with Crippen LogP contribution in [0, 0.1) is 0 Å². The maximum atomic E-state index is 12.8. The molecule has 0 saturated heterocycles. The number of rotatable bonds is 4. The highest BCUT2D eigenvalue weighted by atomic mass is 35.5. The van der Waals surface area contributed by atoms with Crippen LogP contribution in [0.15, 0.2) is 41.3 Å². The highest BCUT2D eigenvalue weighted by Crippen LogP contribution is 2.36. The zero-order valence-electron chi connectivity index (χ0n) is 12.4. The second-order valence-electron chi connectivity index (χ2n) is 4.86. The number of hydrogen-bond acceptors (Lipinski definition) is 3. The third kappa shape index (κ3) is 5.08. The van der Waals surface area contributed by atoms with Gasteiger partial charge in [0, 0.05) is 18.0 Å². The number of aromatic nitrogens is 1. The molecule has 1 aromatic heterocycles. The standard InChI is InChI=1S/C15H11ClF3N3O3/c16-11-3-2-9(5-10(11)15(17,18)19)22-13(24)7-21-14(25)8-1-4-12(23)20-6-8/h1-6H,7H2,(H,20,23)(H,21,25)(H,22,24). The first kappa shape index (κ1) is 18.5. The van der Waals surface area contributed by atoms with Crippen LogP contribution in [0.25, 0.3) is 0 Å². The Morgan fingerprint density at radius 3 is 2.48 bits per heavy atom. The van der Waals surface area contributed by atoms with Gasteiger partial charge in [-0.15, -0.1) is 0 Å². The van der Waals surface area contributed by atoms with Crippen molar-refractivity contribution in [2.75, 3.05) is 11.9 Å². The third-order valence-electron chi connectivity index (χ3n) is 3.01. The molecule has 0 aliphatic carbocycles. The summed E-state index contributed by atoms with van der Waals surface area (Å²) in [5.41, 5.74) is -1.46. The van der Waals surface area contributed by atoms with E-state index in [0.29, 0.717) is 6.07 Å². The van der Waals surface area contributed by atoms with E-state index >= 15 is 0 Å². The Morgan fingerprint density at radius 2 is 1.88 bits per heavy atom. The lowest BCUT2D eigenvalue weighted by atomic mass is 10.2. The van der Waals surface area contributed by atoms with Crippen molar-refractivity contribution < 1.29 is 22.8 Å². The molecule has 0 radical (unpaired) electrons. The van der Waals surface area contributed by atoms with E-state index < -0.39 is 40.7 Å². The summed E-state index contributed by atoms with van der Waals surface area (Å²) in [7, 11) is 0. The molecule has 2 amide bonds. The molecule has 0 aliphatic rings.